The number of aromatic nitrogens is 2. The molecule has 0 aliphatic rings. The van der Waals surface area contributed by atoms with E-state index in [0.717, 1.165) is 11.1 Å². The van der Waals surface area contributed by atoms with Gasteiger partial charge in [-0.3, -0.25) is 0 Å². The van der Waals surface area contributed by atoms with Gasteiger partial charge in [0.15, 0.2) is 0 Å². The summed E-state index contributed by atoms with van der Waals surface area (Å²) in [7, 11) is 1.60. The summed E-state index contributed by atoms with van der Waals surface area (Å²) in [5.74, 6) is 0.788. The van der Waals surface area contributed by atoms with Crippen molar-refractivity contribution in [2.75, 3.05) is 12.8 Å². The minimum Gasteiger partial charge on any atom is -0.494 e. The third kappa shape index (κ3) is 2.20. The molecule has 0 aliphatic carbocycles. The molecule has 1 heterocycles. The van der Waals surface area contributed by atoms with Crippen molar-refractivity contribution >= 4 is 17.0 Å². The summed E-state index contributed by atoms with van der Waals surface area (Å²) in [5.41, 5.74) is 8.47. The first-order valence-corrected chi connectivity index (χ1v) is 6.67. The largest absolute Gasteiger partial charge is 0.494 e. The van der Waals surface area contributed by atoms with Gasteiger partial charge in [0.2, 0.25) is 5.95 Å². The molecule has 3 aromatic rings. The van der Waals surface area contributed by atoms with Crippen LogP contribution in [0.15, 0.2) is 42.5 Å². The topological polar surface area (TPSA) is 53.1 Å². The van der Waals surface area contributed by atoms with E-state index in [1.54, 1.807) is 13.2 Å². The third-order valence-electron chi connectivity index (χ3n) is 3.65. The Labute approximate surface area is 122 Å². The summed E-state index contributed by atoms with van der Waals surface area (Å²) < 4.78 is 20.6. The molecule has 0 aliphatic heterocycles. The number of ether oxygens (including phenoxy) is 1. The number of halogens is 1. The van der Waals surface area contributed by atoms with Gasteiger partial charge in [-0.15, -0.1) is 0 Å². The average molecular weight is 285 g/mol. The predicted octanol–water partition coefficient (Wildman–Crippen LogP) is 3.38. The molecule has 2 N–H and O–H groups in total. The second-order valence-corrected chi connectivity index (χ2v) is 4.90. The van der Waals surface area contributed by atoms with Crippen molar-refractivity contribution in [1.29, 1.82) is 0 Å². The Balaban J connectivity index is 2.18. The van der Waals surface area contributed by atoms with E-state index in [1.807, 2.05) is 35.8 Å². The molecule has 0 spiro atoms. The van der Waals surface area contributed by atoms with Crippen LogP contribution in [-0.2, 0) is 0 Å². The van der Waals surface area contributed by atoms with E-state index in [0.29, 0.717) is 17.2 Å². The zero-order chi connectivity index (χ0) is 15.0. The fraction of sp³-hybridized carbons (Fsp3) is 0.188. The lowest BCUT2D eigenvalue weighted by atomic mass is 10.1. The summed E-state index contributed by atoms with van der Waals surface area (Å²) in [5, 5.41) is 0. The number of hydrogen-bond donors (Lipinski definition) is 1. The lowest BCUT2D eigenvalue weighted by Crippen LogP contribution is -2.10. The number of nitrogen functional groups attached to an aromatic ring is 1. The summed E-state index contributed by atoms with van der Waals surface area (Å²) in [6, 6.07) is 12.0. The Bertz CT molecular complexity index is 797. The molecule has 0 fully saturated rings. The van der Waals surface area contributed by atoms with Crippen LogP contribution >= 0.6 is 0 Å². The number of nitrogens with two attached hydrogens (primary N) is 1. The molecular weight excluding hydrogens is 269 g/mol. The lowest BCUT2D eigenvalue weighted by Gasteiger charge is -2.16. The Morgan fingerprint density at radius 1 is 1.24 bits per heavy atom. The first-order chi connectivity index (χ1) is 10.1. The molecule has 2 aromatic carbocycles. The normalized spacial score (nSPS) is 12.5. The molecule has 0 saturated carbocycles. The van der Waals surface area contributed by atoms with Crippen LogP contribution in [0.4, 0.5) is 10.3 Å². The molecule has 108 valence electrons. The molecule has 1 unspecified atom stereocenters. The molecule has 21 heavy (non-hydrogen) atoms. The minimum atomic E-state index is -0.264. The SMILES string of the molecule is COc1cccc2c1nc(N)n2C(C)c1cccc(F)c1. The lowest BCUT2D eigenvalue weighted by molar-refractivity contribution is 0.419. The fourth-order valence-corrected chi connectivity index (χ4v) is 2.60. The van der Waals surface area contributed by atoms with Crippen LogP contribution < -0.4 is 10.5 Å². The monoisotopic (exact) mass is 285 g/mol. The van der Waals surface area contributed by atoms with Gasteiger partial charge in [-0.25, -0.2) is 9.37 Å². The molecule has 5 heteroatoms. The highest BCUT2D eigenvalue weighted by Crippen LogP contribution is 2.31. The highest BCUT2D eigenvalue weighted by molar-refractivity contribution is 5.84. The van der Waals surface area contributed by atoms with Crippen LogP contribution in [0.5, 0.6) is 5.75 Å². The van der Waals surface area contributed by atoms with E-state index in [2.05, 4.69) is 4.98 Å². The summed E-state index contributed by atoms with van der Waals surface area (Å²) >= 11 is 0. The number of anilines is 1. The molecule has 1 atom stereocenters. The average Bonchev–Trinajstić information content (AvgIpc) is 2.82. The number of fused-ring (bicyclic) bond motifs is 1. The zero-order valence-corrected chi connectivity index (χ0v) is 11.9. The van der Waals surface area contributed by atoms with E-state index in [9.17, 15) is 4.39 Å². The van der Waals surface area contributed by atoms with E-state index >= 15 is 0 Å². The van der Waals surface area contributed by atoms with Gasteiger partial charge in [-0.1, -0.05) is 18.2 Å². The highest BCUT2D eigenvalue weighted by Gasteiger charge is 2.18. The van der Waals surface area contributed by atoms with Gasteiger partial charge in [0, 0.05) is 0 Å². The van der Waals surface area contributed by atoms with Crippen molar-refractivity contribution in [3.8, 4) is 5.75 Å². The molecule has 1 aromatic heterocycles. The maximum Gasteiger partial charge on any atom is 0.201 e. The van der Waals surface area contributed by atoms with Crippen LogP contribution in [0.3, 0.4) is 0 Å². The maximum atomic E-state index is 13.4. The van der Waals surface area contributed by atoms with Crippen LogP contribution in [0.2, 0.25) is 0 Å². The molecule has 3 rings (SSSR count). The second kappa shape index (κ2) is 5.09. The maximum absolute atomic E-state index is 13.4. The number of hydrogen-bond acceptors (Lipinski definition) is 3. The third-order valence-corrected chi connectivity index (χ3v) is 3.65. The number of methoxy groups -OCH3 is 1. The standard InChI is InChI=1S/C16H16FN3O/c1-10(11-5-3-6-12(17)9-11)20-13-7-4-8-14(21-2)15(13)19-16(20)18/h3-10H,1-2H3,(H2,18,19). The molecule has 4 nitrogen and oxygen atoms in total. The van der Waals surface area contributed by atoms with Gasteiger partial charge < -0.3 is 15.0 Å². The quantitative estimate of drug-likeness (QED) is 0.802. The van der Waals surface area contributed by atoms with E-state index in [-0.39, 0.29) is 11.9 Å². The first-order valence-electron chi connectivity index (χ1n) is 6.67. The number of benzene rings is 2. The van der Waals surface area contributed by atoms with Crippen molar-refractivity contribution in [3.63, 3.8) is 0 Å². The summed E-state index contributed by atoms with van der Waals surface area (Å²) in [6.07, 6.45) is 0. The van der Waals surface area contributed by atoms with E-state index in [4.69, 9.17) is 10.5 Å². The van der Waals surface area contributed by atoms with Crippen molar-refractivity contribution in [1.82, 2.24) is 9.55 Å². The Kier molecular flexibility index (Phi) is 3.25. The Hall–Kier alpha value is -2.56. The Morgan fingerprint density at radius 3 is 2.71 bits per heavy atom. The van der Waals surface area contributed by atoms with Gasteiger partial charge in [-0.2, -0.15) is 0 Å². The summed E-state index contributed by atoms with van der Waals surface area (Å²) in [4.78, 5) is 4.37. The van der Waals surface area contributed by atoms with Gasteiger partial charge in [0.05, 0.1) is 18.7 Å². The molecule has 0 bridgehead atoms. The molecule has 0 saturated heterocycles. The van der Waals surface area contributed by atoms with Crippen LogP contribution in [0, 0.1) is 5.82 Å². The highest BCUT2D eigenvalue weighted by atomic mass is 19.1. The van der Waals surface area contributed by atoms with E-state index < -0.39 is 0 Å². The number of nitrogens with zero attached hydrogens (tertiary/aromatic N) is 2. The first kappa shape index (κ1) is 13.4. The van der Waals surface area contributed by atoms with Crippen LogP contribution in [0.1, 0.15) is 18.5 Å². The predicted molar refractivity (Wildman–Crippen MR) is 80.9 cm³/mol. The molecule has 0 amide bonds. The molecular formula is C16H16FN3O. The Morgan fingerprint density at radius 2 is 2.00 bits per heavy atom. The van der Waals surface area contributed by atoms with Gasteiger partial charge in [0.25, 0.3) is 0 Å². The van der Waals surface area contributed by atoms with Gasteiger partial charge in [-0.05, 0) is 36.8 Å². The van der Waals surface area contributed by atoms with Crippen molar-refractivity contribution in [2.24, 2.45) is 0 Å². The zero-order valence-electron chi connectivity index (χ0n) is 11.9. The number of imidazole rings is 1. The van der Waals surface area contributed by atoms with Gasteiger partial charge in [0.1, 0.15) is 17.1 Å². The number of rotatable bonds is 3. The van der Waals surface area contributed by atoms with Crippen molar-refractivity contribution in [3.05, 3.63) is 53.8 Å². The second-order valence-electron chi connectivity index (χ2n) is 4.90. The molecule has 0 radical (unpaired) electrons. The van der Waals surface area contributed by atoms with Crippen LogP contribution in [0.25, 0.3) is 11.0 Å². The smallest absolute Gasteiger partial charge is 0.201 e. The number of para-hydroxylation sites is 1. The van der Waals surface area contributed by atoms with Gasteiger partial charge >= 0.3 is 0 Å². The summed E-state index contributed by atoms with van der Waals surface area (Å²) in [6.45, 7) is 1.96. The fourth-order valence-electron chi connectivity index (χ4n) is 2.60. The van der Waals surface area contributed by atoms with Crippen LogP contribution in [-0.4, -0.2) is 16.7 Å². The van der Waals surface area contributed by atoms with Crippen molar-refractivity contribution in [2.45, 2.75) is 13.0 Å². The minimum absolute atomic E-state index is 0.127. The van der Waals surface area contributed by atoms with E-state index in [1.165, 1.54) is 12.1 Å². The van der Waals surface area contributed by atoms with Crippen molar-refractivity contribution < 1.29 is 9.13 Å².